The number of aliphatic hydroxyl groups excluding tert-OH is 3. The quantitative estimate of drug-likeness (QED) is 0.0955. The number of nitrogens with zero attached hydrogens (tertiary/aromatic N) is 7. The molecule has 1 aromatic heterocycles. The number of benzene rings is 1. The van der Waals surface area contributed by atoms with Gasteiger partial charge < -0.3 is 30.3 Å². The van der Waals surface area contributed by atoms with Crippen LogP contribution in [-0.2, 0) is 11.3 Å². The van der Waals surface area contributed by atoms with Gasteiger partial charge in [0.05, 0.1) is 36.7 Å². The molecular weight excluding hydrogens is 690 g/mol. The Hall–Kier alpha value is -4.55. The third kappa shape index (κ3) is 10.3. The largest absolute Gasteiger partial charge is 0.511 e. The first-order chi connectivity index (χ1) is 25.5. The third-order valence-corrected chi connectivity index (χ3v) is 9.40. The molecule has 2 saturated heterocycles. The number of guanidine groups is 1. The van der Waals surface area contributed by atoms with Gasteiger partial charge in [-0.3, -0.25) is 15.2 Å². The van der Waals surface area contributed by atoms with E-state index in [1.54, 1.807) is 12.2 Å². The molecule has 2 fully saturated rings. The Morgan fingerprint density at radius 3 is 2.68 bits per heavy atom. The molecule has 3 aliphatic rings. The summed E-state index contributed by atoms with van der Waals surface area (Å²) in [4.78, 5) is 29.9. The predicted octanol–water partition coefficient (Wildman–Crippen LogP) is 2.55. The van der Waals surface area contributed by atoms with Gasteiger partial charge in [0.25, 0.3) is 5.92 Å². The van der Waals surface area contributed by atoms with Crippen LogP contribution in [0.4, 0.5) is 8.78 Å². The number of aliphatic imine (C=N–C) groups is 3. The minimum Gasteiger partial charge on any atom is -0.511 e. The number of ether oxygens (including phenoxy) is 1. The number of aromatic amines is 1. The van der Waals surface area contributed by atoms with Gasteiger partial charge in [-0.25, -0.2) is 33.2 Å². The number of aromatic nitrogens is 3. The second-order valence-corrected chi connectivity index (χ2v) is 13.5. The first-order valence-electron chi connectivity index (χ1n) is 17.9. The van der Waals surface area contributed by atoms with Gasteiger partial charge in [-0.05, 0) is 61.0 Å². The summed E-state index contributed by atoms with van der Waals surface area (Å²) < 4.78 is 34.6. The highest BCUT2D eigenvalue weighted by atomic mass is 19.3. The molecule has 17 heteroatoms. The van der Waals surface area contributed by atoms with Gasteiger partial charge in [0.1, 0.15) is 12.1 Å². The Bertz CT molecular complexity index is 1740. The number of hydrogen-bond acceptors (Lipinski definition) is 10. The lowest BCUT2D eigenvalue weighted by molar-refractivity contribution is -0.212. The maximum Gasteiger partial charge on any atom is 0.348 e. The number of allylic oxidation sites excluding steroid dienone is 2. The van der Waals surface area contributed by atoms with E-state index in [-0.39, 0.29) is 43.4 Å². The molecule has 2 aromatic rings. The van der Waals surface area contributed by atoms with Crippen LogP contribution in [-0.4, -0.2) is 129 Å². The molecule has 3 unspecified atom stereocenters. The second-order valence-electron chi connectivity index (χ2n) is 13.5. The first-order valence-corrected chi connectivity index (χ1v) is 17.9. The monoisotopic (exact) mass is 740 g/mol. The van der Waals surface area contributed by atoms with Crippen LogP contribution in [0.25, 0.3) is 11.3 Å². The molecule has 3 heterocycles. The van der Waals surface area contributed by atoms with E-state index in [0.717, 1.165) is 24.2 Å². The standard InChI is InChI=1S/C36H50F2N10O5/c1-24(2)28-18-29(31(51)19-30(28)50)32-44-45-35(52)48(32)26-8-6-25(7-9-26)20-46-14-16-47(17-15-46)34(39-3)43-23-41-22-40-12-4-5-13-42-33-36(37,38)11-10-27(21-49)53-33/h5-9,13,18,23-24,27,30,33,40,42,49-51H,3-4,10-12,14-17,19-22H2,1-2H3,(H,45,52)/b13-5-,41-23-,43-34?. The van der Waals surface area contributed by atoms with E-state index in [9.17, 15) is 28.9 Å². The molecule has 0 amide bonds. The first kappa shape index (κ1) is 39.7. The van der Waals surface area contributed by atoms with Crippen LogP contribution in [0.2, 0.25) is 0 Å². The Morgan fingerprint density at radius 2 is 1.98 bits per heavy atom. The van der Waals surface area contributed by atoms with Gasteiger partial charge in [0.15, 0.2) is 12.1 Å². The van der Waals surface area contributed by atoms with Crippen LogP contribution in [0.3, 0.4) is 0 Å². The van der Waals surface area contributed by atoms with Crippen molar-refractivity contribution in [2.24, 2.45) is 20.9 Å². The molecule has 3 atom stereocenters. The number of aliphatic hydroxyl groups is 3. The van der Waals surface area contributed by atoms with Crippen molar-refractivity contribution in [3.05, 3.63) is 75.8 Å². The molecule has 5 rings (SSSR count). The number of nitrogens with one attached hydrogen (secondary N) is 3. The summed E-state index contributed by atoms with van der Waals surface area (Å²) in [6.07, 6.45) is 3.95. The predicted molar refractivity (Wildman–Crippen MR) is 199 cm³/mol. The van der Waals surface area contributed by atoms with E-state index in [0.29, 0.717) is 56.5 Å². The van der Waals surface area contributed by atoms with Gasteiger partial charge in [-0.15, -0.1) is 0 Å². The van der Waals surface area contributed by atoms with Gasteiger partial charge >= 0.3 is 5.69 Å². The fourth-order valence-electron chi connectivity index (χ4n) is 6.40. The summed E-state index contributed by atoms with van der Waals surface area (Å²) in [5, 5.41) is 42.7. The molecule has 6 N–H and O–H groups in total. The van der Waals surface area contributed by atoms with E-state index in [4.69, 9.17) is 4.74 Å². The lowest BCUT2D eigenvalue weighted by Crippen LogP contribution is -2.51. The second kappa shape index (κ2) is 18.5. The highest BCUT2D eigenvalue weighted by Crippen LogP contribution is 2.33. The summed E-state index contributed by atoms with van der Waals surface area (Å²) in [5.74, 6) is -2.17. The summed E-state index contributed by atoms with van der Waals surface area (Å²) >= 11 is 0. The molecule has 15 nitrogen and oxygen atoms in total. The van der Waals surface area contributed by atoms with Crippen molar-refractivity contribution in [1.82, 2.24) is 35.2 Å². The molecule has 2 aliphatic heterocycles. The summed E-state index contributed by atoms with van der Waals surface area (Å²) in [7, 11) is 0. The van der Waals surface area contributed by atoms with E-state index in [1.165, 1.54) is 17.1 Å². The Balaban J connectivity index is 1.05. The number of piperazine rings is 1. The maximum atomic E-state index is 14.0. The van der Waals surface area contributed by atoms with Gasteiger partial charge in [0.2, 0.25) is 5.96 Å². The van der Waals surface area contributed by atoms with Crippen LogP contribution >= 0.6 is 0 Å². The maximum absolute atomic E-state index is 14.0. The third-order valence-electron chi connectivity index (χ3n) is 9.40. The average molecular weight is 741 g/mol. The molecule has 288 valence electrons. The highest BCUT2D eigenvalue weighted by Gasteiger charge is 2.45. The minimum absolute atomic E-state index is 0.0167. The lowest BCUT2D eigenvalue weighted by Gasteiger charge is -2.35. The normalized spacial score (nSPS) is 23.0. The highest BCUT2D eigenvalue weighted by molar-refractivity contribution is 5.90. The van der Waals surface area contributed by atoms with Crippen LogP contribution in [0, 0.1) is 5.92 Å². The fourth-order valence-corrected chi connectivity index (χ4v) is 6.40. The van der Waals surface area contributed by atoms with Crippen molar-refractivity contribution in [3.8, 4) is 5.69 Å². The van der Waals surface area contributed by atoms with Gasteiger partial charge in [0, 0.05) is 52.1 Å². The van der Waals surface area contributed by atoms with Crippen molar-refractivity contribution in [2.45, 2.75) is 70.4 Å². The molecule has 1 aliphatic carbocycles. The number of alkyl halides is 2. The van der Waals surface area contributed by atoms with Crippen molar-refractivity contribution in [1.29, 1.82) is 0 Å². The van der Waals surface area contributed by atoms with E-state index >= 15 is 0 Å². The molecule has 1 aromatic carbocycles. The van der Waals surface area contributed by atoms with Crippen molar-refractivity contribution < 1.29 is 28.8 Å². The smallest absolute Gasteiger partial charge is 0.348 e. The van der Waals surface area contributed by atoms with Crippen molar-refractivity contribution >= 4 is 24.6 Å². The Kier molecular flexibility index (Phi) is 13.8. The molecule has 0 saturated carbocycles. The van der Waals surface area contributed by atoms with Crippen LogP contribution < -0.4 is 16.3 Å². The van der Waals surface area contributed by atoms with Crippen LogP contribution in [0.1, 0.15) is 50.9 Å². The fraction of sp³-hybridized carbons (Fsp3) is 0.528. The van der Waals surface area contributed by atoms with Crippen molar-refractivity contribution in [3.63, 3.8) is 0 Å². The van der Waals surface area contributed by atoms with E-state index in [1.807, 2.05) is 43.0 Å². The lowest BCUT2D eigenvalue weighted by atomic mass is 9.88. The number of H-pyrrole nitrogens is 1. The zero-order chi connectivity index (χ0) is 38.0. The van der Waals surface area contributed by atoms with Crippen LogP contribution in [0.5, 0.6) is 0 Å². The van der Waals surface area contributed by atoms with Gasteiger partial charge in [-0.2, -0.15) is 5.10 Å². The Labute approximate surface area is 307 Å². The molecule has 0 bridgehead atoms. The molecular formula is C36H50F2N10O5. The molecule has 0 spiro atoms. The zero-order valence-corrected chi connectivity index (χ0v) is 30.2. The minimum atomic E-state index is -2.99. The molecule has 0 radical (unpaired) electrons. The van der Waals surface area contributed by atoms with E-state index in [2.05, 4.69) is 47.4 Å². The zero-order valence-electron chi connectivity index (χ0n) is 30.2. The topological polar surface area (TPSA) is 188 Å². The Morgan fingerprint density at radius 1 is 1.23 bits per heavy atom. The summed E-state index contributed by atoms with van der Waals surface area (Å²) in [6, 6.07) is 7.65. The van der Waals surface area contributed by atoms with Gasteiger partial charge in [-0.1, -0.05) is 32.1 Å². The van der Waals surface area contributed by atoms with Crippen LogP contribution in [0.15, 0.2) is 73.7 Å². The number of hydrogen-bond donors (Lipinski definition) is 6. The SMILES string of the molecule is C=NC(=N/C=N\CNCC/C=C\NC1OC(CO)CCC1(F)F)N1CCN(Cc2ccc(-n3c(C4=C(O)CC(O)C(C(C)C)=C4)n[nH]c3=O)cc2)CC1. The average Bonchev–Trinajstić information content (AvgIpc) is 3.52. The summed E-state index contributed by atoms with van der Waals surface area (Å²) in [6.45, 7) is 11.9. The van der Waals surface area contributed by atoms with E-state index < -0.39 is 30.0 Å². The number of halogens is 2. The van der Waals surface area contributed by atoms with Crippen molar-refractivity contribution in [2.75, 3.05) is 46.0 Å². The summed E-state index contributed by atoms with van der Waals surface area (Å²) in [5.41, 5.74) is 2.44. The number of rotatable bonds is 14. The molecule has 53 heavy (non-hydrogen) atoms.